The summed E-state index contributed by atoms with van der Waals surface area (Å²) in [4.78, 5) is 24.6. The summed E-state index contributed by atoms with van der Waals surface area (Å²) >= 11 is 0. The van der Waals surface area contributed by atoms with Crippen LogP contribution in [0.2, 0.25) is 0 Å². The Hall–Kier alpha value is -2.04. The largest absolute Gasteiger partial charge is 0.507 e. The zero-order chi connectivity index (χ0) is 14.7. The summed E-state index contributed by atoms with van der Waals surface area (Å²) in [6.45, 7) is 3.06. The number of carbonyl (C=O) groups excluding carboxylic acids is 1. The zero-order valence-electron chi connectivity index (χ0n) is 11.5. The minimum atomic E-state index is -0.800. The molecule has 108 valence electrons. The van der Waals surface area contributed by atoms with Crippen molar-refractivity contribution in [2.45, 2.75) is 26.2 Å². The highest BCUT2D eigenvalue weighted by molar-refractivity contribution is 5.97. The number of carboxylic acids is 1. The highest BCUT2D eigenvalue weighted by Crippen LogP contribution is 2.26. The Labute approximate surface area is 117 Å². The van der Waals surface area contributed by atoms with Gasteiger partial charge in [0.2, 0.25) is 0 Å². The van der Waals surface area contributed by atoms with Gasteiger partial charge in [-0.05, 0) is 37.8 Å². The molecule has 0 saturated carbocycles. The van der Waals surface area contributed by atoms with Gasteiger partial charge in [0, 0.05) is 19.5 Å². The number of likely N-dealkylation sites (tertiary alicyclic amines) is 1. The normalized spacial score (nSPS) is 18.2. The van der Waals surface area contributed by atoms with Gasteiger partial charge in [-0.2, -0.15) is 0 Å². The van der Waals surface area contributed by atoms with Crippen molar-refractivity contribution in [2.24, 2.45) is 5.92 Å². The number of carbonyl (C=O) groups is 2. The minimum absolute atomic E-state index is 0.00501. The molecule has 1 aromatic rings. The number of hydrogen-bond acceptors (Lipinski definition) is 3. The van der Waals surface area contributed by atoms with Crippen LogP contribution in [0, 0.1) is 12.8 Å². The Morgan fingerprint density at radius 3 is 2.85 bits per heavy atom. The second kappa shape index (κ2) is 5.94. The first kappa shape index (κ1) is 14.4. The number of aryl methyl sites for hydroxylation is 1. The van der Waals surface area contributed by atoms with E-state index < -0.39 is 5.97 Å². The summed E-state index contributed by atoms with van der Waals surface area (Å²) in [5.74, 6) is -0.744. The molecule has 1 saturated heterocycles. The molecule has 1 atom stereocenters. The Morgan fingerprint density at radius 1 is 1.40 bits per heavy atom. The number of aromatic hydroxyl groups is 1. The van der Waals surface area contributed by atoms with Gasteiger partial charge in [0.05, 0.1) is 5.56 Å². The number of phenolic OH excluding ortho intramolecular Hbond substituents is 1. The summed E-state index contributed by atoms with van der Waals surface area (Å²) < 4.78 is 0. The van der Waals surface area contributed by atoms with Gasteiger partial charge in [0.15, 0.2) is 0 Å². The van der Waals surface area contributed by atoms with Gasteiger partial charge in [0.25, 0.3) is 5.91 Å². The number of aliphatic carboxylic acids is 1. The highest BCUT2D eigenvalue weighted by atomic mass is 16.4. The van der Waals surface area contributed by atoms with E-state index in [9.17, 15) is 14.7 Å². The van der Waals surface area contributed by atoms with Crippen molar-refractivity contribution in [1.29, 1.82) is 0 Å². The van der Waals surface area contributed by atoms with Crippen molar-refractivity contribution in [3.05, 3.63) is 29.3 Å². The number of hydrogen-bond donors (Lipinski definition) is 2. The van der Waals surface area contributed by atoms with Crippen LogP contribution in [0.1, 0.15) is 35.2 Å². The average molecular weight is 277 g/mol. The molecule has 5 heteroatoms. The molecule has 1 aliphatic rings. The van der Waals surface area contributed by atoms with E-state index in [1.54, 1.807) is 17.0 Å². The molecule has 20 heavy (non-hydrogen) atoms. The van der Waals surface area contributed by atoms with Gasteiger partial charge in [-0.3, -0.25) is 9.59 Å². The molecular weight excluding hydrogens is 258 g/mol. The number of rotatable bonds is 4. The Morgan fingerprint density at radius 2 is 2.15 bits per heavy atom. The van der Waals surface area contributed by atoms with Crippen LogP contribution in [0.3, 0.4) is 0 Å². The monoisotopic (exact) mass is 277 g/mol. The van der Waals surface area contributed by atoms with E-state index in [2.05, 4.69) is 0 Å². The summed E-state index contributed by atoms with van der Waals surface area (Å²) in [6.07, 6.45) is 1.56. The average Bonchev–Trinajstić information content (AvgIpc) is 2.87. The van der Waals surface area contributed by atoms with Gasteiger partial charge >= 0.3 is 5.97 Å². The van der Waals surface area contributed by atoms with E-state index >= 15 is 0 Å². The number of benzene rings is 1. The third-order valence-electron chi connectivity index (χ3n) is 3.72. The topological polar surface area (TPSA) is 77.8 Å². The maximum atomic E-state index is 12.4. The summed E-state index contributed by atoms with van der Waals surface area (Å²) in [6, 6.07) is 4.97. The Kier molecular flexibility index (Phi) is 4.27. The molecule has 0 aromatic heterocycles. The predicted octanol–water partition coefficient (Wildman–Crippen LogP) is 2.03. The second-order valence-electron chi connectivity index (χ2n) is 5.36. The van der Waals surface area contributed by atoms with Gasteiger partial charge in [-0.25, -0.2) is 0 Å². The molecule has 1 heterocycles. The van der Waals surface area contributed by atoms with Crippen LogP contribution in [-0.4, -0.2) is 40.1 Å². The maximum Gasteiger partial charge on any atom is 0.303 e. The van der Waals surface area contributed by atoms with E-state index in [1.807, 2.05) is 6.92 Å². The molecule has 5 nitrogen and oxygen atoms in total. The third-order valence-corrected chi connectivity index (χ3v) is 3.72. The number of amides is 1. The number of phenols is 1. The molecule has 0 radical (unpaired) electrons. The van der Waals surface area contributed by atoms with Crippen molar-refractivity contribution in [2.75, 3.05) is 13.1 Å². The standard InChI is InChI=1S/C15H19NO4/c1-10-2-4-13(17)12(8-10)15(20)16-7-6-11(9-16)3-5-14(18)19/h2,4,8,11,17H,3,5-7,9H2,1H3,(H,18,19). The van der Waals surface area contributed by atoms with Crippen molar-refractivity contribution in [3.8, 4) is 5.75 Å². The summed E-state index contributed by atoms with van der Waals surface area (Å²) in [5.41, 5.74) is 1.25. The maximum absolute atomic E-state index is 12.4. The smallest absolute Gasteiger partial charge is 0.303 e. The van der Waals surface area contributed by atoms with Crippen LogP contribution >= 0.6 is 0 Å². The quantitative estimate of drug-likeness (QED) is 0.882. The van der Waals surface area contributed by atoms with E-state index in [4.69, 9.17) is 5.11 Å². The van der Waals surface area contributed by atoms with E-state index in [1.165, 1.54) is 6.07 Å². The van der Waals surface area contributed by atoms with Crippen molar-refractivity contribution in [3.63, 3.8) is 0 Å². The van der Waals surface area contributed by atoms with E-state index in [0.29, 0.717) is 25.1 Å². The molecule has 0 aliphatic carbocycles. The van der Waals surface area contributed by atoms with Crippen LogP contribution in [0.25, 0.3) is 0 Å². The highest BCUT2D eigenvalue weighted by Gasteiger charge is 2.28. The van der Waals surface area contributed by atoms with Crippen molar-refractivity contribution < 1.29 is 19.8 Å². The minimum Gasteiger partial charge on any atom is -0.507 e. The third kappa shape index (κ3) is 3.29. The summed E-state index contributed by atoms with van der Waals surface area (Å²) in [5, 5.41) is 18.5. The van der Waals surface area contributed by atoms with Gasteiger partial charge in [0.1, 0.15) is 5.75 Å². The lowest BCUT2D eigenvalue weighted by atomic mass is 10.0. The van der Waals surface area contributed by atoms with Crippen LogP contribution in [0.4, 0.5) is 0 Å². The molecule has 1 aromatic carbocycles. The lowest BCUT2D eigenvalue weighted by molar-refractivity contribution is -0.137. The molecule has 2 rings (SSSR count). The molecular formula is C15H19NO4. The molecule has 0 bridgehead atoms. The first-order valence-corrected chi connectivity index (χ1v) is 6.78. The van der Waals surface area contributed by atoms with Crippen LogP contribution in [0.5, 0.6) is 5.75 Å². The number of carboxylic acid groups (broad SMARTS) is 1. The van der Waals surface area contributed by atoms with Crippen LogP contribution < -0.4 is 0 Å². The molecule has 2 N–H and O–H groups in total. The zero-order valence-corrected chi connectivity index (χ0v) is 11.5. The SMILES string of the molecule is Cc1ccc(O)c(C(=O)N2CCC(CCC(=O)O)C2)c1. The molecule has 1 aliphatic heterocycles. The lowest BCUT2D eigenvalue weighted by Gasteiger charge is -2.17. The van der Waals surface area contributed by atoms with E-state index in [0.717, 1.165) is 12.0 Å². The Balaban J connectivity index is 2.00. The Bertz CT molecular complexity index is 527. The summed E-state index contributed by atoms with van der Waals surface area (Å²) in [7, 11) is 0. The molecule has 0 spiro atoms. The first-order chi connectivity index (χ1) is 9.47. The van der Waals surface area contributed by atoms with Gasteiger partial charge in [-0.15, -0.1) is 0 Å². The molecule has 1 unspecified atom stereocenters. The first-order valence-electron chi connectivity index (χ1n) is 6.78. The van der Waals surface area contributed by atoms with Crippen LogP contribution in [0.15, 0.2) is 18.2 Å². The number of nitrogens with zero attached hydrogens (tertiary/aromatic N) is 1. The van der Waals surface area contributed by atoms with E-state index in [-0.39, 0.29) is 24.0 Å². The predicted molar refractivity (Wildman–Crippen MR) is 73.7 cm³/mol. The fourth-order valence-electron chi connectivity index (χ4n) is 2.57. The fourth-order valence-corrected chi connectivity index (χ4v) is 2.57. The van der Waals surface area contributed by atoms with Gasteiger partial charge < -0.3 is 15.1 Å². The lowest BCUT2D eigenvalue weighted by Crippen LogP contribution is -2.28. The van der Waals surface area contributed by atoms with Crippen LogP contribution in [-0.2, 0) is 4.79 Å². The second-order valence-corrected chi connectivity index (χ2v) is 5.36. The van der Waals surface area contributed by atoms with Crippen molar-refractivity contribution in [1.82, 2.24) is 4.90 Å². The molecule has 1 fully saturated rings. The van der Waals surface area contributed by atoms with Crippen molar-refractivity contribution >= 4 is 11.9 Å². The molecule has 1 amide bonds. The van der Waals surface area contributed by atoms with Gasteiger partial charge in [-0.1, -0.05) is 11.6 Å². The fraction of sp³-hybridized carbons (Fsp3) is 0.467.